The molecule has 0 radical (unpaired) electrons. The first kappa shape index (κ1) is 26.0. The van der Waals surface area contributed by atoms with Crippen molar-refractivity contribution < 1.29 is 19.2 Å². The molecule has 7 rings (SSSR count). The molecule has 0 bridgehead atoms. The molecule has 5 heteroatoms. The van der Waals surface area contributed by atoms with Crippen LogP contribution in [0.1, 0.15) is 57.6 Å². The molecule has 1 saturated heterocycles. The third-order valence-electron chi connectivity index (χ3n) is 9.46. The van der Waals surface area contributed by atoms with Gasteiger partial charge in [0.05, 0.1) is 11.2 Å². The highest BCUT2D eigenvalue weighted by Crippen LogP contribution is 2.44. The molecular formula is C36H33BO4. The van der Waals surface area contributed by atoms with Crippen LogP contribution in [-0.4, -0.2) is 29.4 Å². The Hall–Kier alpha value is -3.93. The van der Waals surface area contributed by atoms with Crippen molar-refractivity contribution in [2.24, 2.45) is 0 Å². The molecule has 0 aliphatic carbocycles. The molecule has 0 saturated carbocycles. The van der Waals surface area contributed by atoms with E-state index in [0.717, 1.165) is 22.0 Å². The van der Waals surface area contributed by atoms with E-state index in [-0.39, 0.29) is 12.3 Å². The van der Waals surface area contributed by atoms with Crippen LogP contribution in [0.4, 0.5) is 0 Å². The monoisotopic (exact) mass is 540 g/mol. The van der Waals surface area contributed by atoms with E-state index >= 15 is 0 Å². The number of carboxylic acid groups (broad SMARTS) is 1. The summed E-state index contributed by atoms with van der Waals surface area (Å²) in [7, 11) is -0.534. The van der Waals surface area contributed by atoms with E-state index < -0.39 is 24.3 Å². The van der Waals surface area contributed by atoms with Crippen LogP contribution in [0.5, 0.6) is 0 Å². The molecule has 204 valence electrons. The number of hydrogen-bond acceptors (Lipinski definition) is 3. The molecule has 1 unspecified atom stereocenters. The molecular weight excluding hydrogens is 507 g/mol. The normalized spacial score (nSPS) is 17.2. The van der Waals surface area contributed by atoms with Crippen molar-refractivity contribution in [3.8, 4) is 0 Å². The van der Waals surface area contributed by atoms with Gasteiger partial charge in [0.25, 0.3) is 0 Å². The zero-order chi connectivity index (χ0) is 28.5. The van der Waals surface area contributed by atoms with Gasteiger partial charge in [0.2, 0.25) is 0 Å². The Morgan fingerprint density at radius 2 is 1.24 bits per heavy atom. The fraction of sp³-hybridized carbons (Fsp3) is 0.250. The zero-order valence-electron chi connectivity index (χ0n) is 23.9. The summed E-state index contributed by atoms with van der Waals surface area (Å²) in [4.78, 5) is 11.9. The first-order valence-corrected chi connectivity index (χ1v) is 14.4. The maximum absolute atomic E-state index is 11.9. The van der Waals surface area contributed by atoms with Gasteiger partial charge in [-0.1, -0.05) is 91.0 Å². The van der Waals surface area contributed by atoms with Gasteiger partial charge in [0, 0.05) is 12.3 Å². The lowest BCUT2D eigenvalue weighted by Gasteiger charge is -2.32. The summed E-state index contributed by atoms with van der Waals surface area (Å²) in [6.45, 7) is 8.23. The Kier molecular flexibility index (Phi) is 5.90. The number of rotatable bonds is 6. The predicted molar refractivity (Wildman–Crippen MR) is 169 cm³/mol. The standard InChI is InChI=1S/C36H33BO4/c1-35(2)36(3,4)41-37(40-35)31-17-6-5-12-25(31)23(20-21-32(38)39)24-18-19-30-28-14-8-11-22-10-7-13-27(33(22)28)29-16-9-15-26(24)34(29)30/h5-19,23H,20-21H2,1-4H3,(H,38,39). The van der Waals surface area contributed by atoms with E-state index in [9.17, 15) is 9.90 Å². The lowest BCUT2D eigenvalue weighted by atomic mass is 9.70. The van der Waals surface area contributed by atoms with E-state index in [2.05, 4.69) is 107 Å². The van der Waals surface area contributed by atoms with Gasteiger partial charge in [-0.25, -0.2) is 0 Å². The highest BCUT2D eigenvalue weighted by Gasteiger charge is 2.52. The van der Waals surface area contributed by atoms with Gasteiger partial charge in [0.15, 0.2) is 0 Å². The van der Waals surface area contributed by atoms with Gasteiger partial charge >= 0.3 is 13.1 Å². The first-order chi connectivity index (χ1) is 19.7. The van der Waals surface area contributed by atoms with Gasteiger partial charge in [-0.05, 0) is 93.8 Å². The smallest absolute Gasteiger partial charge is 0.481 e. The van der Waals surface area contributed by atoms with Crippen LogP contribution in [0.15, 0.2) is 91.0 Å². The maximum Gasteiger partial charge on any atom is 0.495 e. The topological polar surface area (TPSA) is 55.8 Å². The van der Waals surface area contributed by atoms with Crippen LogP contribution in [0.25, 0.3) is 43.1 Å². The van der Waals surface area contributed by atoms with Crippen molar-refractivity contribution in [1.82, 2.24) is 0 Å². The van der Waals surface area contributed by atoms with Crippen LogP contribution < -0.4 is 5.46 Å². The average molecular weight is 540 g/mol. The van der Waals surface area contributed by atoms with Crippen molar-refractivity contribution in [2.45, 2.75) is 57.7 Å². The van der Waals surface area contributed by atoms with E-state index in [0.29, 0.717) is 6.42 Å². The molecule has 41 heavy (non-hydrogen) atoms. The van der Waals surface area contributed by atoms with Crippen molar-refractivity contribution in [3.63, 3.8) is 0 Å². The predicted octanol–water partition coefficient (Wildman–Crippen LogP) is 8.03. The summed E-state index contributed by atoms with van der Waals surface area (Å²) in [5.74, 6) is -0.954. The summed E-state index contributed by atoms with van der Waals surface area (Å²) < 4.78 is 13.0. The second-order valence-electron chi connectivity index (χ2n) is 12.3. The van der Waals surface area contributed by atoms with Crippen LogP contribution in [0.3, 0.4) is 0 Å². The third-order valence-corrected chi connectivity index (χ3v) is 9.46. The van der Waals surface area contributed by atoms with Gasteiger partial charge in [0.1, 0.15) is 0 Å². The average Bonchev–Trinajstić information content (AvgIpc) is 3.18. The zero-order valence-corrected chi connectivity index (χ0v) is 23.9. The minimum atomic E-state index is -0.800. The molecule has 0 aromatic heterocycles. The lowest BCUT2D eigenvalue weighted by molar-refractivity contribution is -0.137. The number of fused-ring (bicyclic) bond motifs is 2. The Bertz CT molecular complexity index is 1890. The summed E-state index contributed by atoms with van der Waals surface area (Å²) >= 11 is 0. The molecule has 1 N–H and O–H groups in total. The van der Waals surface area contributed by atoms with Crippen molar-refractivity contribution in [1.29, 1.82) is 0 Å². The lowest BCUT2D eigenvalue weighted by Crippen LogP contribution is -2.41. The second-order valence-corrected chi connectivity index (χ2v) is 12.3. The third kappa shape index (κ3) is 4.02. The van der Waals surface area contributed by atoms with Gasteiger partial charge < -0.3 is 14.4 Å². The highest BCUT2D eigenvalue weighted by molar-refractivity contribution is 6.62. The van der Waals surface area contributed by atoms with E-state index in [4.69, 9.17) is 9.31 Å². The van der Waals surface area contributed by atoms with Gasteiger partial charge in [-0.15, -0.1) is 0 Å². The molecule has 0 amide bonds. The fourth-order valence-electron chi connectivity index (χ4n) is 6.73. The van der Waals surface area contributed by atoms with Crippen LogP contribution in [0, 0.1) is 0 Å². The molecule has 1 fully saturated rings. The highest BCUT2D eigenvalue weighted by atomic mass is 16.7. The van der Waals surface area contributed by atoms with Crippen LogP contribution in [0.2, 0.25) is 0 Å². The Labute approximate surface area is 240 Å². The SMILES string of the molecule is CC1(C)OB(c2ccccc2C(CCC(=O)O)c2ccc3c4cccc5cccc(c6cccc2c63)c54)OC1(C)C. The number of carboxylic acids is 1. The number of hydrogen-bond donors (Lipinski definition) is 1. The molecule has 1 atom stereocenters. The molecule has 1 aliphatic heterocycles. The van der Waals surface area contributed by atoms with Gasteiger partial charge in [-0.3, -0.25) is 4.79 Å². The maximum atomic E-state index is 11.9. The van der Waals surface area contributed by atoms with E-state index in [1.165, 1.54) is 37.7 Å². The summed E-state index contributed by atoms with van der Waals surface area (Å²) in [6.07, 6.45) is 0.532. The Morgan fingerprint density at radius 3 is 1.90 bits per heavy atom. The number of benzene rings is 6. The Balaban J connectivity index is 1.47. The quantitative estimate of drug-likeness (QED) is 0.132. The van der Waals surface area contributed by atoms with Crippen molar-refractivity contribution >= 4 is 61.6 Å². The number of aliphatic carboxylic acids is 1. The molecule has 4 nitrogen and oxygen atoms in total. The largest absolute Gasteiger partial charge is 0.495 e. The van der Waals surface area contributed by atoms with E-state index in [1.54, 1.807) is 0 Å². The molecule has 6 aromatic rings. The fourth-order valence-corrected chi connectivity index (χ4v) is 6.73. The van der Waals surface area contributed by atoms with Crippen molar-refractivity contribution in [3.05, 3.63) is 102 Å². The van der Waals surface area contributed by atoms with Gasteiger partial charge in [-0.2, -0.15) is 0 Å². The minimum Gasteiger partial charge on any atom is -0.481 e. The first-order valence-electron chi connectivity index (χ1n) is 14.4. The van der Waals surface area contributed by atoms with Crippen molar-refractivity contribution in [2.75, 3.05) is 0 Å². The summed E-state index contributed by atoms with van der Waals surface area (Å²) in [5, 5.41) is 19.6. The molecule has 1 heterocycles. The van der Waals surface area contributed by atoms with E-state index in [1.807, 2.05) is 12.1 Å². The number of carbonyl (C=O) groups is 1. The second kappa shape index (κ2) is 9.30. The molecule has 1 aliphatic rings. The molecule has 6 aromatic carbocycles. The molecule has 0 spiro atoms. The van der Waals surface area contributed by atoms with Crippen LogP contribution >= 0.6 is 0 Å². The Morgan fingerprint density at radius 1 is 0.683 bits per heavy atom. The van der Waals surface area contributed by atoms with Crippen LogP contribution in [-0.2, 0) is 14.1 Å². The summed E-state index contributed by atoms with van der Waals surface area (Å²) in [6, 6.07) is 32.2. The summed E-state index contributed by atoms with van der Waals surface area (Å²) in [5.41, 5.74) is 2.18. The minimum absolute atomic E-state index is 0.0629.